The second-order valence-corrected chi connectivity index (χ2v) is 7.25. The fraction of sp³-hybridized carbons (Fsp3) is 0.600. The molecule has 0 unspecified atom stereocenters. The topological polar surface area (TPSA) is 40.6 Å². The normalized spacial score (nSPS) is 19.4. The lowest BCUT2D eigenvalue weighted by molar-refractivity contribution is -0.133. The molecule has 2 fully saturated rings. The standard InChI is InChI=1S/C20H28N2O2/c1-16-5-7-18(8-6-16)20(24)22-13-9-17(10-14-22)15-19(23)21-11-3-2-4-12-21/h5-8,17H,2-4,9-15H2,1H3. The molecule has 0 aliphatic carbocycles. The third-order valence-electron chi connectivity index (χ3n) is 5.37. The SMILES string of the molecule is Cc1ccc(C(=O)N2CCC(CC(=O)N3CCCCC3)CC2)cc1. The maximum Gasteiger partial charge on any atom is 0.253 e. The third kappa shape index (κ3) is 4.16. The van der Waals surface area contributed by atoms with E-state index in [2.05, 4.69) is 0 Å². The molecule has 0 radical (unpaired) electrons. The number of amides is 2. The zero-order valence-corrected chi connectivity index (χ0v) is 14.7. The largest absolute Gasteiger partial charge is 0.343 e. The first kappa shape index (κ1) is 17.0. The van der Waals surface area contributed by atoms with Gasteiger partial charge in [0, 0.05) is 38.2 Å². The lowest BCUT2D eigenvalue weighted by Crippen LogP contribution is -2.41. The molecule has 0 bridgehead atoms. The van der Waals surface area contributed by atoms with Gasteiger partial charge < -0.3 is 9.80 Å². The molecule has 0 atom stereocenters. The van der Waals surface area contributed by atoms with Crippen molar-refractivity contribution >= 4 is 11.8 Å². The van der Waals surface area contributed by atoms with Gasteiger partial charge in [0.2, 0.25) is 5.91 Å². The second-order valence-electron chi connectivity index (χ2n) is 7.25. The lowest BCUT2D eigenvalue weighted by Gasteiger charge is -2.33. The van der Waals surface area contributed by atoms with Gasteiger partial charge >= 0.3 is 0 Å². The summed E-state index contributed by atoms with van der Waals surface area (Å²) in [6.07, 6.45) is 6.09. The van der Waals surface area contributed by atoms with Crippen LogP contribution in [0.3, 0.4) is 0 Å². The fourth-order valence-electron chi connectivity index (χ4n) is 3.74. The smallest absolute Gasteiger partial charge is 0.253 e. The quantitative estimate of drug-likeness (QED) is 0.854. The van der Waals surface area contributed by atoms with Crippen molar-refractivity contribution in [2.75, 3.05) is 26.2 Å². The highest BCUT2D eigenvalue weighted by atomic mass is 16.2. The Bertz CT molecular complexity index is 568. The Kier molecular flexibility index (Phi) is 5.54. The molecule has 0 aromatic heterocycles. The minimum Gasteiger partial charge on any atom is -0.343 e. The van der Waals surface area contributed by atoms with E-state index in [0.29, 0.717) is 18.2 Å². The Hall–Kier alpha value is -1.84. The van der Waals surface area contributed by atoms with E-state index >= 15 is 0 Å². The van der Waals surface area contributed by atoms with Gasteiger partial charge in [-0.15, -0.1) is 0 Å². The van der Waals surface area contributed by atoms with E-state index < -0.39 is 0 Å². The number of rotatable bonds is 3. The summed E-state index contributed by atoms with van der Waals surface area (Å²) in [5.74, 6) is 0.871. The van der Waals surface area contributed by atoms with Crippen molar-refractivity contribution in [2.45, 2.75) is 45.4 Å². The highest BCUT2D eigenvalue weighted by Gasteiger charge is 2.27. The molecule has 0 spiro atoms. The molecular weight excluding hydrogens is 300 g/mol. The Balaban J connectivity index is 1.47. The molecule has 2 saturated heterocycles. The van der Waals surface area contributed by atoms with E-state index in [1.165, 1.54) is 12.0 Å². The number of hydrogen-bond donors (Lipinski definition) is 0. The summed E-state index contributed by atoms with van der Waals surface area (Å²) in [5.41, 5.74) is 1.94. The molecule has 0 saturated carbocycles. The molecule has 2 aliphatic heterocycles. The number of piperidine rings is 2. The van der Waals surface area contributed by atoms with Crippen LogP contribution in [0, 0.1) is 12.8 Å². The molecule has 4 nitrogen and oxygen atoms in total. The first-order valence-corrected chi connectivity index (χ1v) is 9.27. The summed E-state index contributed by atoms with van der Waals surface area (Å²) in [7, 11) is 0. The molecule has 24 heavy (non-hydrogen) atoms. The summed E-state index contributed by atoms with van der Waals surface area (Å²) < 4.78 is 0. The van der Waals surface area contributed by atoms with E-state index in [9.17, 15) is 9.59 Å². The summed E-state index contributed by atoms with van der Waals surface area (Å²) in [6, 6.07) is 7.78. The number of nitrogens with zero attached hydrogens (tertiary/aromatic N) is 2. The van der Waals surface area contributed by atoms with E-state index in [4.69, 9.17) is 0 Å². The van der Waals surface area contributed by atoms with Crippen molar-refractivity contribution in [3.8, 4) is 0 Å². The lowest BCUT2D eigenvalue weighted by atomic mass is 9.92. The molecular formula is C20H28N2O2. The Morgan fingerprint density at radius 1 is 0.917 bits per heavy atom. The van der Waals surface area contributed by atoms with Gasteiger partial charge in [-0.25, -0.2) is 0 Å². The maximum absolute atomic E-state index is 12.5. The molecule has 2 heterocycles. The number of carbonyl (C=O) groups excluding carboxylic acids is 2. The van der Waals surface area contributed by atoms with Crippen LogP contribution in [0.2, 0.25) is 0 Å². The van der Waals surface area contributed by atoms with Crippen molar-refractivity contribution in [3.05, 3.63) is 35.4 Å². The maximum atomic E-state index is 12.5. The molecule has 4 heteroatoms. The van der Waals surface area contributed by atoms with Crippen LogP contribution in [-0.2, 0) is 4.79 Å². The zero-order chi connectivity index (χ0) is 16.9. The first-order chi connectivity index (χ1) is 11.6. The van der Waals surface area contributed by atoms with Gasteiger partial charge in [-0.2, -0.15) is 0 Å². The van der Waals surface area contributed by atoms with Gasteiger partial charge in [0.05, 0.1) is 0 Å². The number of carbonyl (C=O) groups is 2. The first-order valence-electron chi connectivity index (χ1n) is 9.27. The third-order valence-corrected chi connectivity index (χ3v) is 5.37. The van der Waals surface area contributed by atoms with Gasteiger partial charge in [-0.3, -0.25) is 9.59 Å². The summed E-state index contributed by atoms with van der Waals surface area (Å²) >= 11 is 0. The summed E-state index contributed by atoms with van der Waals surface area (Å²) in [5, 5.41) is 0. The van der Waals surface area contributed by atoms with Crippen molar-refractivity contribution in [3.63, 3.8) is 0 Å². The highest BCUT2D eigenvalue weighted by molar-refractivity contribution is 5.94. The van der Waals surface area contributed by atoms with Crippen LogP contribution >= 0.6 is 0 Å². The Morgan fingerprint density at radius 2 is 1.54 bits per heavy atom. The molecule has 130 valence electrons. The molecule has 2 aliphatic rings. The van der Waals surface area contributed by atoms with Gasteiger partial charge in [0.15, 0.2) is 0 Å². The Labute approximate surface area is 144 Å². The minimum absolute atomic E-state index is 0.121. The predicted molar refractivity (Wildman–Crippen MR) is 94.9 cm³/mol. The molecule has 3 rings (SSSR count). The van der Waals surface area contributed by atoms with Crippen LogP contribution in [-0.4, -0.2) is 47.8 Å². The Morgan fingerprint density at radius 3 is 2.17 bits per heavy atom. The number of likely N-dealkylation sites (tertiary alicyclic amines) is 2. The van der Waals surface area contributed by atoms with Crippen molar-refractivity contribution in [2.24, 2.45) is 5.92 Å². The van der Waals surface area contributed by atoms with E-state index in [-0.39, 0.29) is 5.91 Å². The number of benzene rings is 1. The van der Waals surface area contributed by atoms with E-state index in [1.807, 2.05) is 41.0 Å². The van der Waals surface area contributed by atoms with Gasteiger partial charge in [0.25, 0.3) is 5.91 Å². The van der Waals surface area contributed by atoms with Gasteiger partial charge in [0.1, 0.15) is 0 Å². The van der Waals surface area contributed by atoms with Crippen LogP contribution in [0.25, 0.3) is 0 Å². The van der Waals surface area contributed by atoms with Crippen molar-refractivity contribution < 1.29 is 9.59 Å². The summed E-state index contributed by atoms with van der Waals surface area (Å²) in [6.45, 7) is 5.43. The zero-order valence-electron chi connectivity index (χ0n) is 14.7. The minimum atomic E-state index is 0.121. The van der Waals surface area contributed by atoms with Crippen LogP contribution in [0.5, 0.6) is 0 Å². The van der Waals surface area contributed by atoms with Crippen LogP contribution in [0.4, 0.5) is 0 Å². The fourth-order valence-corrected chi connectivity index (χ4v) is 3.74. The van der Waals surface area contributed by atoms with E-state index in [0.717, 1.165) is 57.4 Å². The van der Waals surface area contributed by atoms with Gasteiger partial charge in [-0.1, -0.05) is 17.7 Å². The molecule has 1 aromatic rings. The predicted octanol–water partition coefficient (Wildman–Crippen LogP) is 3.25. The molecule has 0 N–H and O–H groups in total. The number of hydrogen-bond acceptors (Lipinski definition) is 2. The van der Waals surface area contributed by atoms with Crippen LogP contribution < -0.4 is 0 Å². The number of aryl methyl sites for hydroxylation is 1. The van der Waals surface area contributed by atoms with Crippen LogP contribution in [0.1, 0.15) is 54.4 Å². The highest BCUT2D eigenvalue weighted by Crippen LogP contribution is 2.23. The second kappa shape index (κ2) is 7.82. The van der Waals surface area contributed by atoms with Crippen LogP contribution in [0.15, 0.2) is 24.3 Å². The van der Waals surface area contributed by atoms with Crippen molar-refractivity contribution in [1.29, 1.82) is 0 Å². The molecule has 1 aromatic carbocycles. The summed E-state index contributed by atoms with van der Waals surface area (Å²) in [4.78, 5) is 28.9. The monoisotopic (exact) mass is 328 g/mol. The molecule has 2 amide bonds. The van der Waals surface area contributed by atoms with Gasteiger partial charge in [-0.05, 0) is 57.1 Å². The van der Waals surface area contributed by atoms with E-state index in [1.54, 1.807) is 0 Å². The average molecular weight is 328 g/mol. The average Bonchev–Trinajstić information content (AvgIpc) is 2.63. The van der Waals surface area contributed by atoms with Crippen molar-refractivity contribution in [1.82, 2.24) is 9.80 Å².